The van der Waals surface area contributed by atoms with Crippen molar-refractivity contribution in [2.75, 3.05) is 11.4 Å². The monoisotopic (exact) mass is 392 g/mol. The van der Waals surface area contributed by atoms with Crippen molar-refractivity contribution in [3.05, 3.63) is 60.7 Å². The molecule has 0 amide bonds. The molecular formula is C17H16N2O5S2. The van der Waals surface area contributed by atoms with Gasteiger partial charge in [-0.05, 0) is 35.7 Å². The van der Waals surface area contributed by atoms with Crippen molar-refractivity contribution in [3.63, 3.8) is 0 Å². The zero-order valence-corrected chi connectivity index (χ0v) is 15.3. The number of primary sulfonamides is 1. The topological polar surface area (TPSA) is 118 Å². The maximum absolute atomic E-state index is 12.9. The van der Waals surface area contributed by atoms with Gasteiger partial charge in [0.15, 0.2) is 0 Å². The minimum absolute atomic E-state index is 0.124. The van der Waals surface area contributed by atoms with E-state index in [2.05, 4.69) is 0 Å². The molecule has 3 aromatic rings. The molecule has 3 aromatic carbocycles. The number of anilines is 1. The Morgan fingerprint density at radius 3 is 2.12 bits per heavy atom. The first kappa shape index (κ1) is 18.2. The van der Waals surface area contributed by atoms with Crippen molar-refractivity contribution < 1.29 is 21.9 Å². The standard InChI is InChI=1S/C17H16N2O5S2/c1-19(13-7-9-14(10-8-13)25(18,21)22)26(23,24)16-11-6-12-4-2-3-5-15(12)17(16)20/h2-11,20H,1H3,(H2,18,21,22). The summed E-state index contributed by atoms with van der Waals surface area (Å²) in [6.07, 6.45) is 0. The summed E-state index contributed by atoms with van der Waals surface area (Å²) in [6.45, 7) is 0. The van der Waals surface area contributed by atoms with Gasteiger partial charge in [0.1, 0.15) is 10.6 Å². The summed E-state index contributed by atoms with van der Waals surface area (Å²) < 4.78 is 49.4. The number of nitrogens with zero attached hydrogens (tertiary/aromatic N) is 1. The molecule has 0 radical (unpaired) electrons. The SMILES string of the molecule is CN(c1ccc(S(N)(=O)=O)cc1)S(=O)(=O)c1ccc2ccccc2c1O. The Morgan fingerprint density at radius 2 is 1.50 bits per heavy atom. The molecule has 3 rings (SSSR count). The predicted octanol–water partition coefficient (Wildman–Crippen LogP) is 2.02. The number of sulfonamides is 2. The Bertz CT molecular complexity index is 1190. The van der Waals surface area contributed by atoms with Crippen LogP contribution in [0.25, 0.3) is 10.8 Å². The maximum atomic E-state index is 12.9. The van der Waals surface area contributed by atoms with Gasteiger partial charge in [-0.2, -0.15) is 0 Å². The molecule has 0 aliphatic carbocycles. The van der Waals surface area contributed by atoms with Gasteiger partial charge in [-0.25, -0.2) is 22.0 Å². The van der Waals surface area contributed by atoms with Gasteiger partial charge in [-0.1, -0.05) is 30.3 Å². The lowest BCUT2D eigenvalue weighted by atomic mass is 10.1. The van der Waals surface area contributed by atoms with E-state index in [0.717, 1.165) is 4.31 Å². The second-order valence-corrected chi connectivity index (χ2v) is 9.14. The van der Waals surface area contributed by atoms with E-state index in [4.69, 9.17) is 5.14 Å². The molecule has 0 bridgehead atoms. The lowest BCUT2D eigenvalue weighted by Gasteiger charge is -2.20. The Hall–Kier alpha value is -2.62. The summed E-state index contributed by atoms with van der Waals surface area (Å²) in [5.74, 6) is -0.337. The summed E-state index contributed by atoms with van der Waals surface area (Å²) in [4.78, 5) is -0.366. The van der Waals surface area contributed by atoms with E-state index in [9.17, 15) is 21.9 Å². The Labute approximate surface area is 151 Å². The Kier molecular flexibility index (Phi) is 4.39. The van der Waals surface area contributed by atoms with E-state index < -0.39 is 20.0 Å². The van der Waals surface area contributed by atoms with Gasteiger partial charge in [-0.3, -0.25) is 4.31 Å². The van der Waals surface area contributed by atoms with Crippen LogP contribution in [0.3, 0.4) is 0 Å². The fourth-order valence-electron chi connectivity index (χ4n) is 2.58. The first-order valence-electron chi connectivity index (χ1n) is 7.45. The average Bonchev–Trinajstić information content (AvgIpc) is 2.60. The lowest BCUT2D eigenvalue weighted by molar-refractivity contribution is 0.465. The number of rotatable bonds is 4. The van der Waals surface area contributed by atoms with E-state index in [1.807, 2.05) is 0 Å². The van der Waals surface area contributed by atoms with E-state index in [1.165, 1.54) is 37.4 Å². The van der Waals surface area contributed by atoms with Crippen LogP contribution in [0.1, 0.15) is 0 Å². The van der Waals surface area contributed by atoms with Crippen molar-refractivity contribution in [2.24, 2.45) is 5.14 Å². The molecule has 3 N–H and O–H groups in total. The van der Waals surface area contributed by atoms with E-state index >= 15 is 0 Å². The van der Waals surface area contributed by atoms with Gasteiger partial charge in [0.2, 0.25) is 10.0 Å². The highest BCUT2D eigenvalue weighted by molar-refractivity contribution is 7.93. The Balaban J connectivity index is 2.06. The summed E-state index contributed by atoms with van der Waals surface area (Å²) in [6, 6.07) is 14.9. The average molecular weight is 392 g/mol. The van der Waals surface area contributed by atoms with Gasteiger partial charge >= 0.3 is 0 Å². The van der Waals surface area contributed by atoms with Gasteiger partial charge in [0.25, 0.3) is 10.0 Å². The smallest absolute Gasteiger partial charge is 0.267 e. The second kappa shape index (κ2) is 6.27. The van der Waals surface area contributed by atoms with Crippen molar-refractivity contribution in [1.82, 2.24) is 0 Å². The highest BCUT2D eigenvalue weighted by Crippen LogP contribution is 2.34. The van der Waals surface area contributed by atoms with Crippen LogP contribution in [-0.2, 0) is 20.0 Å². The molecule has 26 heavy (non-hydrogen) atoms. The highest BCUT2D eigenvalue weighted by atomic mass is 32.2. The molecule has 7 nitrogen and oxygen atoms in total. The largest absolute Gasteiger partial charge is 0.506 e. The van der Waals surface area contributed by atoms with Gasteiger partial charge in [0.05, 0.1) is 10.6 Å². The minimum atomic E-state index is -4.06. The second-order valence-electron chi connectivity index (χ2n) is 5.64. The van der Waals surface area contributed by atoms with Gasteiger partial charge in [-0.15, -0.1) is 0 Å². The van der Waals surface area contributed by atoms with E-state index in [0.29, 0.717) is 10.8 Å². The van der Waals surface area contributed by atoms with Crippen LogP contribution in [0.15, 0.2) is 70.5 Å². The molecule has 0 aromatic heterocycles. The summed E-state index contributed by atoms with van der Waals surface area (Å²) in [5.41, 5.74) is 0.227. The van der Waals surface area contributed by atoms with Crippen LogP contribution in [0.2, 0.25) is 0 Å². The van der Waals surface area contributed by atoms with Crippen LogP contribution in [0.4, 0.5) is 5.69 Å². The molecule has 0 heterocycles. The predicted molar refractivity (Wildman–Crippen MR) is 99.0 cm³/mol. The molecule has 0 aliphatic rings. The van der Waals surface area contributed by atoms with E-state index in [1.54, 1.807) is 30.3 Å². The van der Waals surface area contributed by atoms with Crippen molar-refractivity contribution in [2.45, 2.75) is 9.79 Å². The van der Waals surface area contributed by atoms with Crippen molar-refractivity contribution in [1.29, 1.82) is 0 Å². The molecule has 9 heteroatoms. The molecule has 0 fully saturated rings. The molecule has 0 spiro atoms. The maximum Gasteiger partial charge on any atom is 0.267 e. The third-order valence-electron chi connectivity index (χ3n) is 4.03. The molecule has 0 atom stereocenters. The van der Waals surface area contributed by atoms with Crippen LogP contribution in [0.5, 0.6) is 5.75 Å². The van der Waals surface area contributed by atoms with Crippen LogP contribution >= 0.6 is 0 Å². The summed E-state index contributed by atoms with van der Waals surface area (Å²) in [7, 11) is -6.62. The van der Waals surface area contributed by atoms with E-state index in [-0.39, 0.29) is 21.2 Å². The third-order valence-corrected chi connectivity index (χ3v) is 6.78. The number of phenols is 1. The van der Waals surface area contributed by atoms with Crippen molar-refractivity contribution >= 4 is 36.5 Å². The molecule has 0 aliphatic heterocycles. The van der Waals surface area contributed by atoms with Crippen LogP contribution < -0.4 is 9.44 Å². The molecule has 0 saturated heterocycles. The fourth-order valence-corrected chi connectivity index (χ4v) is 4.38. The zero-order chi connectivity index (χ0) is 19.1. The minimum Gasteiger partial charge on any atom is -0.506 e. The lowest BCUT2D eigenvalue weighted by Crippen LogP contribution is -2.26. The third kappa shape index (κ3) is 3.12. The Morgan fingerprint density at radius 1 is 0.885 bits per heavy atom. The highest BCUT2D eigenvalue weighted by Gasteiger charge is 2.26. The number of phenolic OH excluding ortho intramolecular Hbond substituents is 1. The number of hydrogen-bond acceptors (Lipinski definition) is 5. The van der Waals surface area contributed by atoms with Crippen LogP contribution in [-0.4, -0.2) is 29.0 Å². The normalized spacial score (nSPS) is 12.2. The molecule has 136 valence electrons. The number of nitrogens with two attached hydrogens (primary N) is 1. The van der Waals surface area contributed by atoms with Gasteiger partial charge in [0, 0.05) is 12.4 Å². The summed E-state index contributed by atoms with van der Waals surface area (Å²) >= 11 is 0. The number of hydrogen-bond donors (Lipinski definition) is 2. The molecule has 0 unspecified atom stereocenters. The first-order chi connectivity index (χ1) is 12.1. The number of fused-ring (bicyclic) bond motifs is 1. The quantitative estimate of drug-likeness (QED) is 0.704. The van der Waals surface area contributed by atoms with Gasteiger partial charge < -0.3 is 5.11 Å². The van der Waals surface area contributed by atoms with Crippen molar-refractivity contribution in [3.8, 4) is 5.75 Å². The fraction of sp³-hybridized carbons (Fsp3) is 0.0588. The molecular weight excluding hydrogens is 376 g/mol. The van der Waals surface area contributed by atoms with Crippen LogP contribution in [0, 0.1) is 0 Å². The zero-order valence-electron chi connectivity index (χ0n) is 13.7. The number of aromatic hydroxyl groups is 1. The first-order valence-corrected chi connectivity index (χ1v) is 10.4. The summed E-state index contributed by atoms with van der Waals surface area (Å²) in [5, 5.41) is 16.6. The number of benzene rings is 3. The molecule has 0 saturated carbocycles.